The van der Waals surface area contributed by atoms with Crippen molar-refractivity contribution in [1.29, 1.82) is 0 Å². The third kappa shape index (κ3) is 3.67. The van der Waals surface area contributed by atoms with Gasteiger partial charge in [-0.15, -0.1) is 10.2 Å². The molecule has 2 rings (SSSR count). The van der Waals surface area contributed by atoms with Gasteiger partial charge in [0.25, 0.3) is 0 Å². The Morgan fingerprint density at radius 1 is 1.25 bits per heavy atom. The molecule has 0 aliphatic rings. The van der Waals surface area contributed by atoms with Gasteiger partial charge in [0, 0.05) is 6.54 Å². The maximum Gasteiger partial charge on any atom is 0.445 e. The van der Waals surface area contributed by atoms with Gasteiger partial charge in [0.1, 0.15) is 0 Å². The second kappa shape index (κ2) is 5.76. The first-order valence-electron chi connectivity index (χ1n) is 5.75. The second-order valence-corrected chi connectivity index (χ2v) is 5.20. The lowest BCUT2D eigenvalue weighted by Crippen LogP contribution is -2.11. The lowest BCUT2D eigenvalue weighted by Gasteiger charge is -2.11. The Hall–Kier alpha value is -1.67. The summed E-state index contributed by atoms with van der Waals surface area (Å²) in [7, 11) is 0. The van der Waals surface area contributed by atoms with E-state index < -0.39 is 17.3 Å². The summed E-state index contributed by atoms with van der Waals surface area (Å²) in [5, 5.41) is 18.0. The number of hydrogen-bond acceptors (Lipinski definition) is 5. The summed E-state index contributed by atoms with van der Waals surface area (Å²) in [5.74, 6) is 0. The molecule has 2 aromatic rings. The molecule has 4 nitrogen and oxygen atoms in total. The van der Waals surface area contributed by atoms with Gasteiger partial charge in [-0.3, -0.25) is 0 Å². The largest absolute Gasteiger partial charge is 0.445 e. The Labute approximate surface area is 117 Å². The van der Waals surface area contributed by atoms with Crippen molar-refractivity contribution in [3.05, 3.63) is 40.4 Å². The minimum Gasteiger partial charge on any atom is -0.387 e. The number of aryl methyl sites for hydroxylation is 1. The van der Waals surface area contributed by atoms with E-state index in [2.05, 4.69) is 15.5 Å². The number of aliphatic hydroxyl groups excluding tert-OH is 1. The van der Waals surface area contributed by atoms with Crippen molar-refractivity contribution >= 4 is 16.5 Å². The highest BCUT2D eigenvalue weighted by molar-refractivity contribution is 7.15. The van der Waals surface area contributed by atoms with Crippen LogP contribution in [0.1, 0.15) is 22.2 Å². The first-order valence-corrected chi connectivity index (χ1v) is 6.57. The van der Waals surface area contributed by atoms with Crippen LogP contribution in [-0.2, 0) is 6.18 Å². The summed E-state index contributed by atoms with van der Waals surface area (Å²) in [6.07, 6.45) is -5.32. The lowest BCUT2D eigenvalue weighted by atomic mass is 10.1. The molecule has 0 fully saturated rings. The van der Waals surface area contributed by atoms with Crippen LogP contribution in [0.5, 0.6) is 0 Å². The first kappa shape index (κ1) is 14.7. The summed E-state index contributed by atoms with van der Waals surface area (Å²) in [6.45, 7) is 1.99. The number of hydrogen-bond donors (Lipinski definition) is 2. The number of benzene rings is 1. The number of rotatable bonds is 4. The van der Waals surface area contributed by atoms with Crippen LogP contribution in [-0.4, -0.2) is 21.8 Å². The highest BCUT2D eigenvalue weighted by Crippen LogP contribution is 2.33. The zero-order valence-corrected chi connectivity index (χ0v) is 11.3. The molecule has 8 heteroatoms. The SMILES string of the molecule is Cc1ccc([C@H](O)CNc2nnc(C(F)(F)F)s2)cc1. The van der Waals surface area contributed by atoms with E-state index >= 15 is 0 Å². The average Bonchev–Trinajstić information content (AvgIpc) is 2.85. The number of nitrogens with zero attached hydrogens (tertiary/aromatic N) is 2. The fraction of sp³-hybridized carbons (Fsp3) is 0.333. The molecule has 0 spiro atoms. The number of aliphatic hydroxyl groups is 1. The molecule has 1 aromatic heterocycles. The highest BCUT2D eigenvalue weighted by Gasteiger charge is 2.35. The standard InChI is InChI=1S/C12H12F3N3OS/c1-7-2-4-8(5-3-7)9(19)6-16-11-18-17-10(20-11)12(13,14)15/h2-5,9,19H,6H2,1H3,(H,16,18)/t9-/m1/s1. The number of anilines is 1. The summed E-state index contributed by atoms with van der Waals surface area (Å²) in [5.41, 5.74) is 1.75. The van der Waals surface area contributed by atoms with E-state index in [1.54, 1.807) is 12.1 Å². The number of aromatic nitrogens is 2. The quantitative estimate of drug-likeness (QED) is 0.911. The van der Waals surface area contributed by atoms with Crippen molar-refractivity contribution in [1.82, 2.24) is 10.2 Å². The summed E-state index contributed by atoms with van der Waals surface area (Å²) in [6, 6.07) is 7.24. The Morgan fingerprint density at radius 2 is 1.90 bits per heavy atom. The molecule has 0 radical (unpaired) electrons. The fourth-order valence-electron chi connectivity index (χ4n) is 1.50. The van der Waals surface area contributed by atoms with Gasteiger partial charge < -0.3 is 10.4 Å². The second-order valence-electron chi connectivity index (χ2n) is 4.22. The van der Waals surface area contributed by atoms with E-state index in [4.69, 9.17) is 0 Å². The molecule has 0 unspecified atom stereocenters. The fourth-order valence-corrected chi connectivity index (χ4v) is 2.12. The maximum absolute atomic E-state index is 12.3. The van der Waals surface area contributed by atoms with Crippen molar-refractivity contribution in [2.75, 3.05) is 11.9 Å². The molecule has 0 saturated heterocycles. The molecule has 0 aliphatic carbocycles. The topological polar surface area (TPSA) is 58.0 Å². The van der Waals surface area contributed by atoms with Crippen LogP contribution in [0.2, 0.25) is 0 Å². The molecular formula is C12H12F3N3OS. The smallest absolute Gasteiger partial charge is 0.387 e. The van der Waals surface area contributed by atoms with Gasteiger partial charge in [0.05, 0.1) is 6.10 Å². The minimum absolute atomic E-state index is 0.0310. The molecular weight excluding hydrogens is 291 g/mol. The van der Waals surface area contributed by atoms with E-state index in [-0.39, 0.29) is 11.7 Å². The first-order chi connectivity index (χ1) is 9.36. The average molecular weight is 303 g/mol. The molecule has 0 amide bonds. The van der Waals surface area contributed by atoms with Crippen LogP contribution in [0, 0.1) is 6.92 Å². The van der Waals surface area contributed by atoms with Gasteiger partial charge in [-0.2, -0.15) is 13.2 Å². The van der Waals surface area contributed by atoms with Crippen molar-refractivity contribution in [3.63, 3.8) is 0 Å². The number of alkyl halides is 3. The summed E-state index contributed by atoms with van der Waals surface area (Å²) in [4.78, 5) is 0. The van der Waals surface area contributed by atoms with Crippen LogP contribution in [0.3, 0.4) is 0 Å². The van der Waals surface area contributed by atoms with Crippen LogP contribution in [0.4, 0.5) is 18.3 Å². The lowest BCUT2D eigenvalue weighted by molar-refractivity contribution is -0.138. The van der Waals surface area contributed by atoms with E-state index in [0.717, 1.165) is 5.56 Å². The molecule has 20 heavy (non-hydrogen) atoms. The zero-order valence-electron chi connectivity index (χ0n) is 10.5. The molecule has 2 N–H and O–H groups in total. The van der Waals surface area contributed by atoms with E-state index in [9.17, 15) is 18.3 Å². The van der Waals surface area contributed by atoms with Gasteiger partial charge in [0.2, 0.25) is 10.1 Å². The molecule has 1 heterocycles. The summed E-state index contributed by atoms with van der Waals surface area (Å²) < 4.78 is 37.0. The Morgan fingerprint density at radius 3 is 2.45 bits per heavy atom. The molecule has 0 bridgehead atoms. The predicted octanol–water partition coefficient (Wildman–Crippen LogP) is 3.01. The van der Waals surface area contributed by atoms with E-state index in [1.165, 1.54) is 0 Å². The van der Waals surface area contributed by atoms with Crippen LogP contribution in [0.25, 0.3) is 0 Å². The third-order valence-corrected chi connectivity index (χ3v) is 3.50. The Bertz CT molecular complexity index is 568. The molecule has 1 atom stereocenters. The maximum atomic E-state index is 12.3. The molecule has 108 valence electrons. The van der Waals surface area contributed by atoms with E-state index in [1.807, 2.05) is 19.1 Å². The van der Waals surface area contributed by atoms with Crippen molar-refractivity contribution in [2.24, 2.45) is 0 Å². The Kier molecular flexibility index (Phi) is 4.24. The molecule has 0 aliphatic heterocycles. The normalized spacial score (nSPS) is 13.2. The van der Waals surface area contributed by atoms with Crippen molar-refractivity contribution in [3.8, 4) is 0 Å². The molecule has 0 saturated carbocycles. The van der Waals surface area contributed by atoms with Crippen LogP contribution < -0.4 is 5.32 Å². The van der Waals surface area contributed by atoms with Gasteiger partial charge in [-0.05, 0) is 12.5 Å². The summed E-state index contributed by atoms with van der Waals surface area (Å²) >= 11 is 0.410. The predicted molar refractivity (Wildman–Crippen MR) is 69.5 cm³/mol. The minimum atomic E-state index is -4.49. The van der Waals surface area contributed by atoms with Gasteiger partial charge in [0.15, 0.2) is 0 Å². The van der Waals surface area contributed by atoms with Crippen molar-refractivity contribution in [2.45, 2.75) is 19.2 Å². The van der Waals surface area contributed by atoms with Gasteiger partial charge in [-0.1, -0.05) is 41.2 Å². The Balaban J connectivity index is 1.95. The number of halogens is 3. The van der Waals surface area contributed by atoms with Crippen LogP contribution >= 0.6 is 11.3 Å². The van der Waals surface area contributed by atoms with Gasteiger partial charge in [-0.25, -0.2) is 0 Å². The zero-order chi connectivity index (χ0) is 14.8. The van der Waals surface area contributed by atoms with Crippen molar-refractivity contribution < 1.29 is 18.3 Å². The van der Waals surface area contributed by atoms with E-state index in [0.29, 0.717) is 16.9 Å². The monoisotopic (exact) mass is 303 g/mol. The third-order valence-electron chi connectivity index (χ3n) is 2.58. The van der Waals surface area contributed by atoms with Gasteiger partial charge >= 0.3 is 6.18 Å². The molecule has 1 aromatic carbocycles. The highest BCUT2D eigenvalue weighted by atomic mass is 32.1. The van der Waals surface area contributed by atoms with Crippen LogP contribution in [0.15, 0.2) is 24.3 Å². The number of nitrogens with one attached hydrogen (secondary N) is 1.